The summed E-state index contributed by atoms with van der Waals surface area (Å²) in [6.45, 7) is 1.75. The van der Waals surface area contributed by atoms with E-state index in [1.54, 1.807) is 49.4 Å². The number of carboxylic acid groups (broad SMARTS) is 2. The number of nitrogens with one attached hydrogen (secondary N) is 3. The lowest BCUT2D eigenvalue weighted by Crippen LogP contribution is -2.44. The molecule has 9 N–H and O–H groups in total. The number of anilines is 2. The number of aliphatic carboxylic acids is 1. The number of benzene rings is 2. The van der Waals surface area contributed by atoms with E-state index in [-0.39, 0.29) is 12.8 Å². The van der Waals surface area contributed by atoms with Crippen molar-refractivity contribution in [1.82, 2.24) is 10.0 Å². The maximum atomic E-state index is 12.7. The quantitative estimate of drug-likeness (QED) is 0.242. The Morgan fingerprint density at radius 2 is 1.76 bits per heavy atom. The third kappa shape index (κ3) is 8.25. The largest absolute Gasteiger partial charge is 0.490 e. The van der Waals surface area contributed by atoms with Crippen LogP contribution in [0.15, 0.2) is 42.5 Å². The number of para-hydroxylation sites is 2. The van der Waals surface area contributed by atoms with Crippen molar-refractivity contribution in [3.05, 3.63) is 59.2 Å². The van der Waals surface area contributed by atoms with Crippen LogP contribution < -0.4 is 21.1 Å². The lowest BCUT2D eigenvalue weighted by Gasteiger charge is -2.33. The predicted molar refractivity (Wildman–Crippen MR) is 131 cm³/mol. The molecule has 12 nitrogen and oxygen atoms in total. The number of amides is 3. The molecule has 1 aliphatic rings. The van der Waals surface area contributed by atoms with Gasteiger partial charge < -0.3 is 26.6 Å². The second kappa shape index (κ2) is 12.0. The molecular weight excluding hydrogens is 537 g/mol. The molecule has 3 rings (SSSR count). The minimum atomic E-state index is -5.08. The molecule has 0 spiro atoms. The third-order valence-corrected chi connectivity index (χ3v) is 6.97. The number of alkyl halides is 3. The van der Waals surface area contributed by atoms with Gasteiger partial charge in [0.25, 0.3) is 0 Å². The fraction of sp³-hybridized carbons (Fsp3) is 0.273. The number of hydrogen-bond donors (Lipinski definition) is 8. The van der Waals surface area contributed by atoms with Crippen LogP contribution in [0.4, 0.5) is 29.3 Å². The Kier molecular flexibility index (Phi) is 9.55. The Hall–Kier alpha value is -4.02. The molecule has 0 aliphatic carbocycles. The zero-order valence-electron chi connectivity index (χ0n) is 19.7. The van der Waals surface area contributed by atoms with Gasteiger partial charge >= 0.3 is 18.2 Å². The highest BCUT2D eigenvalue weighted by atomic mass is 32.3. The molecule has 1 unspecified atom stereocenters. The number of aryl methyl sites for hydroxylation is 1. The molecule has 0 bridgehead atoms. The van der Waals surface area contributed by atoms with E-state index >= 15 is 0 Å². The fourth-order valence-corrected chi connectivity index (χ4v) is 5.07. The van der Waals surface area contributed by atoms with Gasteiger partial charge in [0.1, 0.15) is 11.3 Å². The number of nitrogen functional groups attached to an aromatic ring is 1. The minimum Gasteiger partial charge on any atom is -0.475 e. The van der Waals surface area contributed by atoms with E-state index in [1.807, 2.05) is 0 Å². The molecule has 2 atom stereocenters. The van der Waals surface area contributed by atoms with Gasteiger partial charge in [-0.05, 0) is 35.7 Å². The Morgan fingerprint density at radius 1 is 1.16 bits per heavy atom. The first-order valence-corrected chi connectivity index (χ1v) is 12.2. The van der Waals surface area contributed by atoms with Crippen LogP contribution in [-0.2, 0) is 20.8 Å². The first kappa shape index (κ1) is 30.2. The zero-order valence-corrected chi connectivity index (χ0v) is 20.5. The molecule has 1 fully saturated rings. The Labute approximate surface area is 215 Å². The van der Waals surface area contributed by atoms with E-state index in [2.05, 4.69) is 15.4 Å². The Bertz CT molecular complexity index is 1230. The van der Waals surface area contributed by atoms with E-state index < -0.39 is 52.1 Å². The van der Waals surface area contributed by atoms with Crippen LogP contribution in [0, 0.1) is 6.92 Å². The number of rotatable bonds is 6. The van der Waals surface area contributed by atoms with Crippen LogP contribution in [-0.4, -0.2) is 55.4 Å². The van der Waals surface area contributed by atoms with Crippen LogP contribution in [0.1, 0.15) is 28.4 Å². The molecule has 0 radical (unpaired) electrons. The van der Waals surface area contributed by atoms with E-state index in [0.717, 1.165) is 0 Å². The van der Waals surface area contributed by atoms with E-state index in [9.17, 15) is 36.7 Å². The van der Waals surface area contributed by atoms with E-state index in [0.29, 0.717) is 28.1 Å². The van der Waals surface area contributed by atoms with Crippen LogP contribution >= 0.6 is 10.8 Å². The SMILES string of the molecule is Cc1cc(C[C@H](NC(=O)O)C(=O)Nc2ccccc2N)ccc1C1CC(=O)NS1(O)O.O=C(O)C(F)(F)F. The second-order valence-electron chi connectivity index (χ2n) is 8.09. The molecule has 38 heavy (non-hydrogen) atoms. The molecule has 0 saturated carbocycles. The number of nitrogens with two attached hydrogens (primary N) is 1. The maximum Gasteiger partial charge on any atom is 0.490 e. The van der Waals surface area contributed by atoms with Gasteiger partial charge in [0.15, 0.2) is 0 Å². The van der Waals surface area contributed by atoms with Crippen molar-refractivity contribution in [1.29, 1.82) is 0 Å². The van der Waals surface area contributed by atoms with Crippen molar-refractivity contribution in [3.8, 4) is 0 Å². The van der Waals surface area contributed by atoms with Gasteiger partial charge in [-0.25, -0.2) is 9.59 Å². The van der Waals surface area contributed by atoms with Gasteiger partial charge in [-0.15, -0.1) is 10.8 Å². The number of carbonyl (C=O) groups is 4. The molecule has 1 heterocycles. The molecule has 2 aromatic carbocycles. The molecule has 3 amide bonds. The van der Waals surface area contributed by atoms with Crippen molar-refractivity contribution in [2.75, 3.05) is 11.1 Å². The van der Waals surface area contributed by atoms with Crippen molar-refractivity contribution < 1.29 is 51.7 Å². The van der Waals surface area contributed by atoms with Crippen LogP contribution in [0.5, 0.6) is 0 Å². The van der Waals surface area contributed by atoms with Gasteiger partial charge in [-0.3, -0.25) is 23.4 Å². The molecule has 1 aliphatic heterocycles. The minimum absolute atomic E-state index is 0.0351. The smallest absolute Gasteiger partial charge is 0.475 e. The monoisotopic (exact) mass is 562 g/mol. The molecule has 2 aromatic rings. The average molecular weight is 563 g/mol. The molecule has 16 heteroatoms. The molecule has 1 saturated heterocycles. The standard InChI is InChI=1S/C20H24N4O6S.C2HF3O2/c1-11-8-12(6-7-13(11)17-10-18(25)24-31(17,29)30)9-16(23-20(27)28)19(26)22-15-5-3-2-4-14(15)21;3-2(4,5)1(6)7/h2-8,16-17,23,29-30H,9-10,21H2,1H3,(H,22,26)(H,24,25)(H,27,28);(H,6,7)/t16-,17?;/m0./s1. The topological polar surface area (TPSA) is 211 Å². The lowest BCUT2D eigenvalue weighted by molar-refractivity contribution is -0.192. The van der Waals surface area contributed by atoms with Crippen LogP contribution in [0.2, 0.25) is 0 Å². The normalized spacial score (nSPS) is 17.7. The molecule has 0 aromatic heterocycles. The summed E-state index contributed by atoms with van der Waals surface area (Å²) >= 11 is 0. The number of carbonyl (C=O) groups excluding carboxylic acids is 2. The van der Waals surface area contributed by atoms with Gasteiger partial charge in [-0.2, -0.15) is 13.2 Å². The van der Waals surface area contributed by atoms with Crippen LogP contribution in [0.3, 0.4) is 0 Å². The average Bonchev–Trinajstić information content (AvgIpc) is 3.06. The van der Waals surface area contributed by atoms with E-state index in [1.165, 1.54) is 0 Å². The summed E-state index contributed by atoms with van der Waals surface area (Å²) in [6, 6.07) is 10.6. The van der Waals surface area contributed by atoms with Crippen LogP contribution in [0.25, 0.3) is 0 Å². The number of halogens is 3. The second-order valence-corrected chi connectivity index (χ2v) is 10.0. The zero-order chi connectivity index (χ0) is 28.8. The summed E-state index contributed by atoms with van der Waals surface area (Å²) in [6.07, 6.45) is -6.41. The Balaban J connectivity index is 0.000000638. The fourth-order valence-electron chi connectivity index (χ4n) is 3.50. The van der Waals surface area contributed by atoms with Gasteiger partial charge in [0.05, 0.1) is 17.8 Å². The summed E-state index contributed by atoms with van der Waals surface area (Å²) in [5.74, 6) is -3.76. The van der Waals surface area contributed by atoms with Crippen molar-refractivity contribution in [2.24, 2.45) is 0 Å². The highest BCUT2D eigenvalue weighted by molar-refractivity contribution is 8.23. The summed E-state index contributed by atoms with van der Waals surface area (Å²) in [5, 5.41) is 20.3. The predicted octanol–water partition coefficient (Wildman–Crippen LogP) is 3.25. The lowest BCUT2D eigenvalue weighted by atomic mass is 9.97. The highest BCUT2D eigenvalue weighted by Crippen LogP contribution is 2.56. The Morgan fingerprint density at radius 3 is 2.24 bits per heavy atom. The summed E-state index contributed by atoms with van der Waals surface area (Å²) < 4.78 is 54.2. The first-order chi connectivity index (χ1) is 17.5. The van der Waals surface area contributed by atoms with Crippen molar-refractivity contribution in [2.45, 2.75) is 37.2 Å². The molecular formula is C22H25F3N4O8S. The third-order valence-electron chi connectivity index (χ3n) is 5.23. The van der Waals surface area contributed by atoms with Gasteiger partial charge in [0.2, 0.25) is 11.8 Å². The summed E-state index contributed by atoms with van der Waals surface area (Å²) in [5.41, 5.74) is 8.51. The number of carboxylic acids is 1. The van der Waals surface area contributed by atoms with Gasteiger partial charge in [0, 0.05) is 6.42 Å². The molecule has 208 valence electrons. The maximum absolute atomic E-state index is 12.7. The summed E-state index contributed by atoms with van der Waals surface area (Å²) in [7, 11) is -3.28. The van der Waals surface area contributed by atoms with Crippen molar-refractivity contribution in [3.63, 3.8) is 0 Å². The summed E-state index contributed by atoms with van der Waals surface area (Å²) in [4.78, 5) is 44.4. The van der Waals surface area contributed by atoms with Crippen molar-refractivity contribution >= 4 is 46.0 Å². The highest BCUT2D eigenvalue weighted by Gasteiger charge is 2.39. The van der Waals surface area contributed by atoms with E-state index in [4.69, 9.17) is 20.7 Å². The number of hydrogen-bond acceptors (Lipinski definition) is 7. The van der Waals surface area contributed by atoms with Gasteiger partial charge in [-0.1, -0.05) is 30.3 Å². The first-order valence-electron chi connectivity index (χ1n) is 10.6.